The molecule has 274 valence electrons. The first kappa shape index (κ1) is 35.2. The third-order valence-corrected chi connectivity index (χ3v) is 10.3. The summed E-state index contributed by atoms with van der Waals surface area (Å²) in [5.74, 6) is -0.346. The number of aromatic nitrogens is 4. The van der Waals surface area contributed by atoms with Crippen molar-refractivity contribution in [3.8, 4) is 33.5 Å². The number of nitrogens with one attached hydrogen (secondary N) is 2. The lowest BCUT2D eigenvalue weighted by molar-refractivity contribution is -0.120. The predicted molar refractivity (Wildman–Crippen MR) is 215 cm³/mol. The Morgan fingerprint density at radius 1 is 0.800 bits per heavy atom. The first-order valence-electron chi connectivity index (χ1n) is 18.2. The molecule has 4 heterocycles. The number of hydrogen-bond donors (Lipinski definition) is 2. The highest BCUT2D eigenvalue weighted by Gasteiger charge is 2.26. The molecule has 2 N–H and O–H groups in total. The van der Waals surface area contributed by atoms with Crippen molar-refractivity contribution in [2.75, 3.05) is 11.4 Å². The van der Waals surface area contributed by atoms with Crippen molar-refractivity contribution in [2.24, 2.45) is 14.1 Å². The van der Waals surface area contributed by atoms with E-state index in [9.17, 15) is 19.2 Å². The number of fused-ring (bicyclic) bond motifs is 2. The van der Waals surface area contributed by atoms with E-state index in [4.69, 9.17) is 4.98 Å². The minimum absolute atomic E-state index is 0.0485. The monoisotopic (exact) mass is 729 g/mol. The van der Waals surface area contributed by atoms with E-state index in [1.165, 1.54) is 0 Å². The smallest absolute Gasteiger partial charge is 0.328 e. The molecule has 55 heavy (non-hydrogen) atoms. The average Bonchev–Trinajstić information content (AvgIpc) is 3.42. The number of urea groups is 1. The van der Waals surface area contributed by atoms with Gasteiger partial charge >= 0.3 is 11.7 Å². The fraction of sp³-hybridized carbons (Fsp3) is 0.182. The number of carbonyl (C=O) groups is 3. The maximum absolute atomic E-state index is 13.1. The molecule has 0 radical (unpaired) electrons. The molecule has 4 amide bonds. The molecule has 1 aliphatic rings. The van der Waals surface area contributed by atoms with Crippen LogP contribution in [-0.2, 0) is 25.4 Å². The van der Waals surface area contributed by atoms with Gasteiger partial charge < -0.3 is 5.32 Å². The zero-order chi connectivity index (χ0) is 38.4. The molecule has 1 fully saturated rings. The Bertz CT molecular complexity index is 2710. The molecular formula is C44H39N7O4. The van der Waals surface area contributed by atoms with Crippen molar-refractivity contribution in [3.05, 3.63) is 137 Å². The van der Waals surface area contributed by atoms with E-state index in [1.54, 1.807) is 26.3 Å². The Labute approximate surface area is 317 Å². The highest BCUT2D eigenvalue weighted by Crippen LogP contribution is 2.36. The van der Waals surface area contributed by atoms with E-state index in [0.29, 0.717) is 18.8 Å². The van der Waals surface area contributed by atoms with Crippen molar-refractivity contribution >= 4 is 45.3 Å². The Morgan fingerprint density at radius 3 is 2.31 bits per heavy atom. The number of hydrogen-bond acceptors (Lipinski definition) is 6. The van der Waals surface area contributed by atoms with Crippen LogP contribution in [0.15, 0.2) is 114 Å². The van der Waals surface area contributed by atoms with E-state index in [0.717, 1.165) is 72.1 Å². The van der Waals surface area contributed by atoms with Crippen molar-refractivity contribution < 1.29 is 14.4 Å². The molecule has 0 aliphatic carbocycles. The molecule has 11 nitrogen and oxygen atoms in total. The van der Waals surface area contributed by atoms with Gasteiger partial charge in [0.1, 0.15) is 5.69 Å². The van der Waals surface area contributed by atoms with Gasteiger partial charge in [-0.25, -0.2) is 9.59 Å². The average molecular weight is 730 g/mol. The molecule has 0 spiro atoms. The van der Waals surface area contributed by atoms with Gasteiger partial charge in [-0.15, -0.1) is 0 Å². The molecule has 0 saturated carbocycles. The van der Waals surface area contributed by atoms with Crippen LogP contribution in [0.3, 0.4) is 0 Å². The second-order valence-electron chi connectivity index (χ2n) is 14.2. The normalized spacial score (nSPS) is 13.1. The minimum Gasteiger partial charge on any atom is -0.347 e. The number of rotatable bonds is 8. The first-order chi connectivity index (χ1) is 26.6. The van der Waals surface area contributed by atoms with E-state index < -0.39 is 6.03 Å². The summed E-state index contributed by atoms with van der Waals surface area (Å²) in [7, 11) is 3.63. The zero-order valence-electron chi connectivity index (χ0n) is 31.0. The largest absolute Gasteiger partial charge is 0.347 e. The molecular weight excluding hydrogens is 691 g/mol. The summed E-state index contributed by atoms with van der Waals surface area (Å²) >= 11 is 0. The Kier molecular flexibility index (Phi) is 9.06. The van der Waals surface area contributed by atoms with Gasteiger partial charge in [0.2, 0.25) is 5.91 Å². The van der Waals surface area contributed by atoms with Crippen molar-refractivity contribution in [1.29, 1.82) is 0 Å². The van der Waals surface area contributed by atoms with Gasteiger partial charge in [-0.05, 0) is 75.5 Å². The van der Waals surface area contributed by atoms with E-state index in [-0.39, 0.29) is 29.8 Å². The highest BCUT2D eigenvalue weighted by atomic mass is 16.2. The number of pyridine rings is 2. The summed E-state index contributed by atoms with van der Waals surface area (Å²) in [5, 5.41) is 7.34. The number of imide groups is 1. The number of amides is 4. The molecule has 0 unspecified atom stereocenters. The van der Waals surface area contributed by atoms with Crippen LogP contribution in [0.4, 0.5) is 10.5 Å². The summed E-state index contributed by atoms with van der Waals surface area (Å²) in [5.41, 5.74) is 10.2. The van der Waals surface area contributed by atoms with E-state index in [2.05, 4.69) is 53.7 Å². The SMILES string of the molecule is CC(C)c1cc(-c2cccc3cc(-c4ccc(C(=O)NCc5ccc(-c6ccccc6N6CCC(=O)NC6=O)cc5)nc4)ncc23)cc2c1n(C)c(=O)n2C. The van der Waals surface area contributed by atoms with Gasteiger partial charge in [0.25, 0.3) is 5.91 Å². The number of carbonyl (C=O) groups excluding carboxylic acids is 3. The van der Waals surface area contributed by atoms with E-state index in [1.807, 2.05) is 87.0 Å². The zero-order valence-corrected chi connectivity index (χ0v) is 31.0. The third-order valence-electron chi connectivity index (χ3n) is 10.3. The van der Waals surface area contributed by atoms with Crippen molar-refractivity contribution in [2.45, 2.75) is 32.7 Å². The van der Waals surface area contributed by atoms with Gasteiger partial charge in [0.05, 0.1) is 22.4 Å². The molecule has 0 bridgehead atoms. The van der Waals surface area contributed by atoms with Gasteiger partial charge in [-0.1, -0.05) is 74.5 Å². The highest BCUT2D eigenvalue weighted by molar-refractivity contribution is 6.07. The summed E-state index contributed by atoms with van der Waals surface area (Å²) < 4.78 is 3.43. The van der Waals surface area contributed by atoms with E-state index >= 15 is 0 Å². The standard InChI is InChI=1S/C44H39N7O4/c1-26(2)34-20-31(22-39-41(34)50(4)44(55)49(39)3)32-10-7-8-29-21-37(46-25-35(29)32)30-16-17-36(45-24-30)42(53)47-23-27-12-14-28(15-13-27)33-9-5-6-11-38(33)51-19-18-40(52)48-43(51)54/h5-17,20-22,24-26H,18-19,23H2,1-4H3,(H,47,53)(H,48,52,54). The Balaban J connectivity index is 0.967. The van der Waals surface area contributed by atoms with Gasteiger partial charge in [0.15, 0.2) is 0 Å². The predicted octanol–water partition coefficient (Wildman–Crippen LogP) is 7.32. The first-order valence-corrected chi connectivity index (χ1v) is 18.2. The summed E-state index contributed by atoms with van der Waals surface area (Å²) in [6.45, 7) is 4.91. The van der Waals surface area contributed by atoms with Crippen LogP contribution in [0.1, 0.15) is 47.8 Å². The summed E-state index contributed by atoms with van der Waals surface area (Å²) in [4.78, 5) is 60.9. The number of anilines is 1. The molecule has 11 heteroatoms. The molecule has 1 aliphatic heterocycles. The van der Waals surface area contributed by atoms with Crippen LogP contribution in [-0.4, -0.2) is 43.5 Å². The number of benzene rings is 4. The van der Waals surface area contributed by atoms with Crippen LogP contribution < -0.4 is 21.2 Å². The fourth-order valence-corrected chi connectivity index (χ4v) is 7.36. The van der Waals surface area contributed by atoms with Crippen LogP contribution in [0, 0.1) is 0 Å². The number of aryl methyl sites for hydroxylation is 2. The number of nitrogens with zero attached hydrogens (tertiary/aromatic N) is 5. The van der Waals surface area contributed by atoms with Crippen LogP contribution in [0.25, 0.3) is 55.3 Å². The van der Waals surface area contributed by atoms with Crippen LogP contribution in [0.5, 0.6) is 0 Å². The Hall–Kier alpha value is -6.88. The molecule has 0 atom stereocenters. The lowest BCUT2D eigenvalue weighted by Gasteiger charge is -2.28. The molecule has 7 aromatic rings. The van der Waals surface area contributed by atoms with Gasteiger partial charge in [-0.2, -0.15) is 0 Å². The lowest BCUT2D eigenvalue weighted by atomic mass is 9.93. The quantitative estimate of drug-likeness (QED) is 0.169. The number of para-hydroxylation sites is 1. The molecule has 8 rings (SSSR count). The molecule has 1 saturated heterocycles. The topological polar surface area (TPSA) is 131 Å². The van der Waals surface area contributed by atoms with Gasteiger partial charge in [-0.3, -0.25) is 38.9 Å². The minimum atomic E-state index is -0.429. The fourth-order valence-electron chi connectivity index (χ4n) is 7.36. The maximum atomic E-state index is 13.1. The lowest BCUT2D eigenvalue weighted by Crippen LogP contribution is -2.49. The van der Waals surface area contributed by atoms with Crippen molar-refractivity contribution in [1.82, 2.24) is 29.7 Å². The molecule has 3 aromatic heterocycles. The second kappa shape index (κ2) is 14.2. The molecule has 4 aromatic carbocycles. The summed E-state index contributed by atoms with van der Waals surface area (Å²) in [6.07, 6.45) is 3.78. The number of imidazole rings is 1. The van der Waals surface area contributed by atoms with Crippen molar-refractivity contribution in [3.63, 3.8) is 0 Å². The Morgan fingerprint density at radius 2 is 1.56 bits per heavy atom. The van der Waals surface area contributed by atoms with Crippen LogP contribution in [0.2, 0.25) is 0 Å². The third kappa shape index (κ3) is 6.54. The second-order valence-corrected chi connectivity index (χ2v) is 14.2. The van der Waals surface area contributed by atoms with Crippen LogP contribution >= 0.6 is 0 Å². The maximum Gasteiger partial charge on any atom is 0.328 e. The summed E-state index contributed by atoms with van der Waals surface area (Å²) in [6, 6.07) is 30.9. The van der Waals surface area contributed by atoms with Gasteiger partial charge in [0, 0.05) is 62.5 Å².